The number of hydrogen-bond donors (Lipinski definition) is 2. The second-order valence-electron chi connectivity index (χ2n) is 7.26. The van der Waals surface area contributed by atoms with Crippen molar-refractivity contribution in [3.05, 3.63) is 84.2 Å². The molecule has 1 aliphatic rings. The number of nitrogens with zero attached hydrogens (tertiary/aromatic N) is 1. The van der Waals surface area contributed by atoms with E-state index in [2.05, 4.69) is 10.0 Å². The average molecular weight is 453 g/mol. The van der Waals surface area contributed by atoms with Gasteiger partial charge < -0.3 is 10.2 Å². The molecule has 4 rings (SSSR count). The van der Waals surface area contributed by atoms with Crippen LogP contribution in [0.3, 0.4) is 0 Å². The van der Waals surface area contributed by atoms with Crippen LogP contribution in [0.1, 0.15) is 23.2 Å². The zero-order valence-corrected chi connectivity index (χ0v) is 17.7. The monoisotopic (exact) mass is 453 g/mol. The van der Waals surface area contributed by atoms with Crippen molar-refractivity contribution in [2.75, 3.05) is 21.5 Å². The standard InChI is InChI=1S/C23H20FN3O4S/c24-20-7-1-2-8-21(20)26-32(30,31)19-6-3-5-16(15-19)23(29)25-17-10-12-18(13-11-17)27-14-4-9-22(27)28/h1-3,5-8,10-13,15,26H,4,9,14H2,(H,25,29). The maximum Gasteiger partial charge on any atom is 0.262 e. The molecule has 1 aliphatic heterocycles. The van der Waals surface area contributed by atoms with E-state index in [9.17, 15) is 22.4 Å². The number of amides is 2. The predicted octanol–water partition coefficient (Wildman–Crippen LogP) is 4.01. The van der Waals surface area contributed by atoms with Crippen LogP contribution in [0.25, 0.3) is 0 Å². The fourth-order valence-corrected chi connectivity index (χ4v) is 4.51. The minimum atomic E-state index is -4.09. The third kappa shape index (κ3) is 4.62. The molecule has 9 heteroatoms. The van der Waals surface area contributed by atoms with Crippen LogP contribution < -0.4 is 14.9 Å². The van der Waals surface area contributed by atoms with Gasteiger partial charge >= 0.3 is 0 Å². The zero-order chi connectivity index (χ0) is 22.7. The fraction of sp³-hybridized carbons (Fsp3) is 0.130. The molecule has 3 aromatic rings. The van der Waals surface area contributed by atoms with Crippen LogP contribution in [0.15, 0.2) is 77.7 Å². The number of hydrogen-bond acceptors (Lipinski definition) is 4. The van der Waals surface area contributed by atoms with Crippen molar-refractivity contribution < 1.29 is 22.4 Å². The molecule has 7 nitrogen and oxygen atoms in total. The van der Waals surface area contributed by atoms with Crippen LogP contribution in [0.5, 0.6) is 0 Å². The molecule has 32 heavy (non-hydrogen) atoms. The Bertz CT molecular complexity index is 1280. The lowest BCUT2D eigenvalue weighted by molar-refractivity contribution is -0.117. The van der Waals surface area contributed by atoms with Gasteiger partial charge in [0.25, 0.3) is 15.9 Å². The third-order valence-corrected chi connectivity index (χ3v) is 6.40. The Morgan fingerprint density at radius 1 is 0.969 bits per heavy atom. The van der Waals surface area contributed by atoms with E-state index in [1.54, 1.807) is 29.2 Å². The Kier molecular flexibility index (Phi) is 5.91. The van der Waals surface area contributed by atoms with E-state index in [0.29, 0.717) is 18.7 Å². The number of halogens is 1. The zero-order valence-electron chi connectivity index (χ0n) is 16.9. The molecule has 2 N–H and O–H groups in total. The largest absolute Gasteiger partial charge is 0.322 e. The molecule has 2 amide bonds. The average Bonchev–Trinajstić information content (AvgIpc) is 3.22. The van der Waals surface area contributed by atoms with E-state index in [-0.39, 0.29) is 22.1 Å². The number of rotatable bonds is 6. The summed E-state index contributed by atoms with van der Waals surface area (Å²) >= 11 is 0. The van der Waals surface area contributed by atoms with Crippen LogP contribution in [0, 0.1) is 5.82 Å². The van der Waals surface area contributed by atoms with Gasteiger partial charge in [0.05, 0.1) is 10.6 Å². The van der Waals surface area contributed by atoms with Gasteiger partial charge in [0.1, 0.15) is 5.82 Å². The van der Waals surface area contributed by atoms with Crippen LogP contribution in [-0.4, -0.2) is 26.8 Å². The van der Waals surface area contributed by atoms with E-state index in [1.165, 1.54) is 42.5 Å². The first-order valence-electron chi connectivity index (χ1n) is 9.93. The van der Waals surface area contributed by atoms with Gasteiger partial charge in [0, 0.05) is 29.9 Å². The van der Waals surface area contributed by atoms with Gasteiger partial charge in [0.15, 0.2) is 0 Å². The molecule has 0 spiro atoms. The number of para-hydroxylation sites is 1. The first-order chi connectivity index (χ1) is 15.3. The Labute approximate surface area is 184 Å². The van der Waals surface area contributed by atoms with Crippen molar-refractivity contribution in [1.82, 2.24) is 0 Å². The summed E-state index contributed by atoms with van der Waals surface area (Å²) in [6, 6.07) is 17.7. The highest BCUT2D eigenvalue weighted by molar-refractivity contribution is 7.92. The molecular formula is C23H20FN3O4S. The van der Waals surface area contributed by atoms with Crippen molar-refractivity contribution in [1.29, 1.82) is 0 Å². The van der Waals surface area contributed by atoms with Crippen LogP contribution in [0.4, 0.5) is 21.5 Å². The molecule has 0 bridgehead atoms. The number of nitrogens with one attached hydrogen (secondary N) is 2. The first kappa shape index (κ1) is 21.5. The molecule has 1 saturated heterocycles. The number of anilines is 3. The lowest BCUT2D eigenvalue weighted by Crippen LogP contribution is -2.23. The fourth-order valence-electron chi connectivity index (χ4n) is 3.40. The minimum absolute atomic E-state index is 0.0730. The van der Waals surface area contributed by atoms with Crippen molar-refractivity contribution in [3.63, 3.8) is 0 Å². The minimum Gasteiger partial charge on any atom is -0.322 e. The van der Waals surface area contributed by atoms with Crippen LogP contribution in [0.2, 0.25) is 0 Å². The summed E-state index contributed by atoms with van der Waals surface area (Å²) in [7, 11) is -4.09. The third-order valence-electron chi connectivity index (χ3n) is 5.03. The Morgan fingerprint density at radius 3 is 2.41 bits per heavy atom. The summed E-state index contributed by atoms with van der Waals surface area (Å²) in [4.78, 5) is 26.0. The Morgan fingerprint density at radius 2 is 1.72 bits per heavy atom. The normalized spacial score (nSPS) is 13.8. The van der Waals surface area contributed by atoms with Gasteiger partial charge in [-0.1, -0.05) is 18.2 Å². The second-order valence-corrected chi connectivity index (χ2v) is 8.95. The highest BCUT2D eigenvalue weighted by Crippen LogP contribution is 2.24. The summed E-state index contributed by atoms with van der Waals surface area (Å²) in [5.74, 6) is -1.13. The van der Waals surface area contributed by atoms with Crippen molar-refractivity contribution in [3.8, 4) is 0 Å². The highest BCUT2D eigenvalue weighted by atomic mass is 32.2. The number of carbonyl (C=O) groups excluding carboxylic acids is 2. The van der Waals surface area contributed by atoms with Gasteiger partial charge in [-0.25, -0.2) is 12.8 Å². The summed E-state index contributed by atoms with van der Waals surface area (Å²) in [6.45, 7) is 0.673. The molecule has 0 radical (unpaired) electrons. The molecule has 1 heterocycles. The topological polar surface area (TPSA) is 95.6 Å². The van der Waals surface area contributed by atoms with E-state index in [0.717, 1.165) is 18.2 Å². The molecule has 0 aliphatic carbocycles. The maximum atomic E-state index is 13.8. The summed E-state index contributed by atoms with van der Waals surface area (Å²) < 4.78 is 41.3. The van der Waals surface area contributed by atoms with Crippen LogP contribution >= 0.6 is 0 Å². The Hall–Kier alpha value is -3.72. The van der Waals surface area contributed by atoms with Gasteiger partial charge in [-0.05, 0) is 61.0 Å². The molecule has 0 unspecified atom stereocenters. The summed E-state index contributed by atoms with van der Waals surface area (Å²) in [6.07, 6.45) is 1.35. The molecular weight excluding hydrogens is 433 g/mol. The van der Waals surface area contributed by atoms with Crippen molar-refractivity contribution >= 4 is 38.9 Å². The highest BCUT2D eigenvalue weighted by Gasteiger charge is 2.22. The van der Waals surface area contributed by atoms with E-state index < -0.39 is 21.7 Å². The lowest BCUT2D eigenvalue weighted by Gasteiger charge is -2.16. The molecule has 3 aromatic carbocycles. The van der Waals surface area contributed by atoms with Gasteiger partial charge in [-0.15, -0.1) is 0 Å². The molecule has 1 fully saturated rings. The SMILES string of the molecule is O=C(Nc1ccc(N2CCCC2=O)cc1)c1cccc(S(=O)(=O)Nc2ccccc2F)c1. The molecule has 0 aromatic heterocycles. The maximum absolute atomic E-state index is 13.8. The van der Waals surface area contributed by atoms with Gasteiger partial charge in [-0.2, -0.15) is 0 Å². The van der Waals surface area contributed by atoms with E-state index in [4.69, 9.17) is 0 Å². The molecule has 164 valence electrons. The van der Waals surface area contributed by atoms with Gasteiger partial charge in [0.2, 0.25) is 5.91 Å². The summed E-state index contributed by atoms with van der Waals surface area (Å²) in [5.41, 5.74) is 1.21. The van der Waals surface area contributed by atoms with Crippen LogP contribution in [-0.2, 0) is 14.8 Å². The Balaban J connectivity index is 1.48. The predicted molar refractivity (Wildman–Crippen MR) is 120 cm³/mol. The second kappa shape index (κ2) is 8.80. The van der Waals surface area contributed by atoms with Crippen molar-refractivity contribution in [2.45, 2.75) is 17.7 Å². The number of carbonyl (C=O) groups is 2. The van der Waals surface area contributed by atoms with E-state index in [1.807, 2.05) is 0 Å². The number of sulfonamides is 1. The first-order valence-corrected chi connectivity index (χ1v) is 11.4. The molecule has 0 saturated carbocycles. The quantitative estimate of drug-likeness (QED) is 0.590. The van der Waals surface area contributed by atoms with Crippen molar-refractivity contribution in [2.24, 2.45) is 0 Å². The number of benzene rings is 3. The molecule has 0 atom stereocenters. The summed E-state index contributed by atoms with van der Waals surface area (Å²) in [5, 5.41) is 2.71. The lowest BCUT2D eigenvalue weighted by atomic mass is 10.2. The van der Waals surface area contributed by atoms with Gasteiger partial charge in [-0.3, -0.25) is 14.3 Å². The van der Waals surface area contributed by atoms with E-state index >= 15 is 0 Å². The smallest absolute Gasteiger partial charge is 0.262 e.